The monoisotopic (exact) mass is 488 g/mol. The highest BCUT2D eigenvalue weighted by Crippen LogP contribution is 2.21. The van der Waals surface area contributed by atoms with Crippen molar-refractivity contribution in [2.24, 2.45) is 0 Å². The van der Waals surface area contributed by atoms with E-state index in [1.807, 2.05) is 60.7 Å². The van der Waals surface area contributed by atoms with Gasteiger partial charge in [0.2, 0.25) is 11.8 Å². The number of rotatable bonds is 13. The second-order valence-corrected chi connectivity index (χ2v) is 9.94. The molecule has 0 saturated heterocycles. The van der Waals surface area contributed by atoms with Crippen LogP contribution in [0.2, 0.25) is 0 Å². The largest absolute Gasteiger partial charge is 0.354 e. The van der Waals surface area contributed by atoms with Crippen molar-refractivity contribution in [2.75, 3.05) is 12.3 Å². The first-order chi connectivity index (χ1) is 17.1. The van der Waals surface area contributed by atoms with Crippen molar-refractivity contribution in [1.29, 1.82) is 0 Å². The summed E-state index contributed by atoms with van der Waals surface area (Å²) in [6.07, 6.45) is 2.79. The zero-order valence-electron chi connectivity index (χ0n) is 20.8. The van der Waals surface area contributed by atoms with E-state index in [0.29, 0.717) is 31.7 Å². The molecule has 0 aromatic heterocycles. The Morgan fingerprint density at radius 1 is 0.886 bits per heavy atom. The first-order valence-electron chi connectivity index (χ1n) is 12.4. The number of hydrogen-bond acceptors (Lipinski definition) is 3. The van der Waals surface area contributed by atoms with Crippen molar-refractivity contribution in [1.82, 2.24) is 10.2 Å². The molecule has 1 unspecified atom stereocenters. The van der Waals surface area contributed by atoms with E-state index in [1.54, 1.807) is 16.7 Å². The maximum atomic E-state index is 13.6. The highest BCUT2D eigenvalue weighted by Gasteiger charge is 2.30. The fraction of sp³-hybridized carbons (Fsp3) is 0.333. The van der Waals surface area contributed by atoms with Crippen molar-refractivity contribution in [3.8, 4) is 0 Å². The number of hydrogen-bond donors (Lipinski definition) is 1. The third kappa shape index (κ3) is 8.91. The quantitative estimate of drug-likeness (QED) is 0.236. The van der Waals surface area contributed by atoms with Crippen LogP contribution in [-0.4, -0.2) is 35.1 Å². The molecule has 0 aliphatic heterocycles. The van der Waals surface area contributed by atoms with Gasteiger partial charge in [0.25, 0.3) is 0 Å². The average Bonchev–Trinajstić information content (AvgIpc) is 2.88. The summed E-state index contributed by atoms with van der Waals surface area (Å²) in [5, 5.41) is 3.07. The van der Waals surface area contributed by atoms with Crippen LogP contribution in [0.5, 0.6) is 0 Å². The van der Waals surface area contributed by atoms with Gasteiger partial charge in [-0.25, -0.2) is 0 Å². The molecule has 35 heavy (non-hydrogen) atoms. The number of unbranched alkanes of at least 4 members (excludes halogenated alkanes) is 1. The third-order valence-electron chi connectivity index (χ3n) is 5.90. The Hall–Kier alpha value is -3.05. The smallest absolute Gasteiger partial charge is 0.243 e. The van der Waals surface area contributed by atoms with E-state index in [2.05, 4.69) is 43.4 Å². The molecule has 0 aliphatic rings. The molecule has 0 saturated carbocycles. The molecule has 1 atom stereocenters. The Morgan fingerprint density at radius 3 is 2.14 bits per heavy atom. The Bertz CT molecular complexity index is 1040. The number of carbonyl (C=O) groups is 2. The van der Waals surface area contributed by atoms with Crippen molar-refractivity contribution >= 4 is 23.6 Å². The van der Waals surface area contributed by atoms with Crippen LogP contribution >= 0.6 is 11.8 Å². The van der Waals surface area contributed by atoms with Gasteiger partial charge in [0.15, 0.2) is 0 Å². The van der Waals surface area contributed by atoms with Crippen LogP contribution in [0.4, 0.5) is 0 Å². The Morgan fingerprint density at radius 2 is 1.51 bits per heavy atom. The van der Waals surface area contributed by atoms with Gasteiger partial charge >= 0.3 is 0 Å². The fourth-order valence-corrected chi connectivity index (χ4v) is 4.72. The topological polar surface area (TPSA) is 49.4 Å². The minimum absolute atomic E-state index is 0.0000346. The molecule has 0 heterocycles. The molecule has 3 aromatic carbocycles. The molecule has 5 heteroatoms. The standard InChI is InChI=1S/C30H36N2O2S/c1-3-4-20-31-30(34)28(22-25-11-7-5-8-12-25)32(23-26-13-9-6-10-14-26)29(33)19-21-35-27-17-15-24(2)16-18-27/h5-18,28H,3-4,19-23H2,1-2H3,(H,31,34). The molecule has 3 aromatic rings. The number of benzene rings is 3. The van der Waals surface area contributed by atoms with E-state index in [9.17, 15) is 9.59 Å². The maximum Gasteiger partial charge on any atom is 0.243 e. The van der Waals surface area contributed by atoms with Crippen LogP contribution in [0.1, 0.15) is 42.9 Å². The lowest BCUT2D eigenvalue weighted by molar-refractivity contribution is -0.141. The molecule has 1 N–H and O–H groups in total. The van der Waals surface area contributed by atoms with E-state index in [0.717, 1.165) is 28.9 Å². The van der Waals surface area contributed by atoms with Crippen LogP contribution in [-0.2, 0) is 22.6 Å². The van der Waals surface area contributed by atoms with Crippen molar-refractivity contribution in [3.63, 3.8) is 0 Å². The summed E-state index contributed by atoms with van der Waals surface area (Å²) in [6, 6.07) is 27.7. The molecule has 2 amide bonds. The lowest BCUT2D eigenvalue weighted by atomic mass is 10.0. The Labute approximate surface area is 214 Å². The van der Waals surface area contributed by atoms with Crippen molar-refractivity contribution < 1.29 is 9.59 Å². The number of thioether (sulfide) groups is 1. The van der Waals surface area contributed by atoms with Crippen LogP contribution < -0.4 is 5.32 Å². The molecule has 0 radical (unpaired) electrons. The van der Waals surface area contributed by atoms with Crippen LogP contribution in [0.15, 0.2) is 89.8 Å². The minimum atomic E-state index is -0.564. The van der Waals surface area contributed by atoms with Gasteiger partial charge in [0.1, 0.15) is 6.04 Å². The van der Waals surface area contributed by atoms with Crippen molar-refractivity contribution in [2.45, 2.75) is 57.0 Å². The molecule has 0 bridgehead atoms. The molecular formula is C30H36N2O2S. The summed E-state index contributed by atoms with van der Waals surface area (Å²) in [4.78, 5) is 29.9. The third-order valence-corrected chi connectivity index (χ3v) is 6.92. The molecule has 3 rings (SSSR count). The summed E-state index contributed by atoms with van der Waals surface area (Å²) in [7, 11) is 0. The maximum absolute atomic E-state index is 13.6. The van der Waals surface area contributed by atoms with Gasteiger partial charge in [-0.05, 0) is 36.6 Å². The average molecular weight is 489 g/mol. The first-order valence-corrected chi connectivity index (χ1v) is 13.4. The summed E-state index contributed by atoms with van der Waals surface area (Å²) < 4.78 is 0. The summed E-state index contributed by atoms with van der Waals surface area (Å²) in [6.45, 7) is 5.20. The van der Waals surface area contributed by atoms with Gasteiger partial charge in [-0.3, -0.25) is 9.59 Å². The predicted octanol–water partition coefficient (Wildman–Crippen LogP) is 6.03. The molecule has 4 nitrogen and oxygen atoms in total. The highest BCUT2D eigenvalue weighted by atomic mass is 32.2. The van der Waals surface area contributed by atoms with Crippen LogP contribution in [0, 0.1) is 6.92 Å². The number of aryl methyl sites for hydroxylation is 1. The highest BCUT2D eigenvalue weighted by molar-refractivity contribution is 7.99. The Balaban J connectivity index is 1.79. The molecule has 0 spiro atoms. The predicted molar refractivity (Wildman–Crippen MR) is 145 cm³/mol. The van der Waals surface area contributed by atoms with E-state index in [1.165, 1.54) is 5.56 Å². The Kier molecular flexibility index (Phi) is 10.9. The number of nitrogens with one attached hydrogen (secondary N) is 1. The summed E-state index contributed by atoms with van der Waals surface area (Å²) in [5.41, 5.74) is 3.28. The number of nitrogens with zero attached hydrogens (tertiary/aromatic N) is 1. The lowest BCUT2D eigenvalue weighted by Crippen LogP contribution is -2.50. The fourth-order valence-electron chi connectivity index (χ4n) is 3.87. The van der Waals surface area contributed by atoms with E-state index >= 15 is 0 Å². The zero-order valence-corrected chi connectivity index (χ0v) is 21.6. The minimum Gasteiger partial charge on any atom is -0.354 e. The van der Waals surface area contributed by atoms with Crippen LogP contribution in [0.3, 0.4) is 0 Å². The van der Waals surface area contributed by atoms with Gasteiger partial charge in [0, 0.05) is 36.6 Å². The number of carbonyl (C=O) groups excluding carboxylic acids is 2. The zero-order chi connectivity index (χ0) is 24.9. The molecule has 0 aliphatic carbocycles. The molecular weight excluding hydrogens is 452 g/mol. The summed E-state index contributed by atoms with van der Waals surface area (Å²) >= 11 is 1.67. The van der Waals surface area contributed by atoms with Gasteiger partial charge in [-0.15, -0.1) is 11.8 Å². The van der Waals surface area contributed by atoms with E-state index in [4.69, 9.17) is 0 Å². The second-order valence-electron chi connectivity index (χ2n) is 8.77. The van der Waals surface area contributed by atoms with Gasteiger partial charge in [0.05, 0.1) is 0 Å². The van der Waals surface area contributed by atoms with Crippen molar-refractivity contribution in [3.05, 3.63) is 102 Å². The SMILES string of the molecule is CCCCNC(=O)C(Cc1ccccc1)N(Cc1ccccc1)C(=O)CCSc1ccc(C)cc1. The van der Waals surface area contributed by atoms with Crippen LogP contribution in [0.25, 0.3) is 0 Å². The normalized spacial score (nSPS) is 11.6. The molecule has 184 valence electrons. The first kappa shape index (κ1) is 26.6. The van der Waals surface area contributed by atoms with Gasteiger partial charge < -0.3 is 10.2 Å². The number of amides is 2. The lowest BCUT2D eigenvalue weighted by Gasteiger charge is -2.31. The van der Waals surface area contributed by atoms with E-state index < -0.39 is 6.04 Å². The van der Waals surface area contributed by atoms with Gasteiger partial charge in [-0.1, -0.05) is 91.7 Å². The summed E-state index contributed by atoms with van der Waals surface area (Å²) in [5.74, 6) is 0.584. The van der Waals surface area contributed by atoms with Gasteiger partial charge in [-0.2, -0.15) is 0 Å². The van der Waals surface area contributed by atoms with E-state index in [-0.39, 0.29) is 11.8 Å². The second kappa shape index (κ2) is 14.4. The molecule has 0 fully saturated rings.